The Morgan fingerprint density at radius 3 is 1.01 bits per heavy atom. The second-order valence-corrected chi connectivity index (χ2v) is 31.8. The lowest BCUT2D eigenvalue weighted by Crippen LogP contribution is -2.19. The van der Waals surface area contributed by atoms with E-state index in [4.69, 9.17) is 37.9 Å². The Morgan fingerprint density at radius 2 is 0.673 bits per heavy atom. The van der Waals surface area contributed by atoms with Crippen molar-refractivity contribution in [1.29, 1.82) is 0 Å². The molecule has 0 fully saturated rings. The highest BCUT2D eigenvalue weighted by atomic mass is 16.6. The van der Waals surface area contributed by atoms with Gasteiger partial charge in [-0.1, -0.05) is 225 Å². The van der Waals surface area contributed by atoms with E-state index < -0.39 is 5.97 Å². The van der Waals surface area contributed by atoms with E-state index in [2.05, 4.69) is 225 Å². The maximum Gasteiger partial charge on any atom is 0.344 e. The Hall–Kier alpha value is -8.51. The van der Waals surface area contributed by atoms with E-state index in [-0.39, 0.29) is 111 Å². The van der Waals surface area contributed by atoms with Crippen LogP contribution in [-0.2, 0) is 78.2 Å². The molecule has 0 spiro atoms. The molecule has 0 saturated carbocycles. The van der Waals surface area contributed by atoms with Gasteiger partial charge in [0.05, 0.1) is 33.0 Å². The van der Waals surface area contributed by atoms with Gasteiger partial charge in [-0.05, 0) is 151 Å². The molecule has 11 nitrogen and oxygen atoms in total. The first kappa shape index (κ1) is 70.8. The van der Waals surface area contributed by atoms with Gasteiger partial charge >= 0.3 is 5.97 Å². The summed E-state index contributed by atoms with van der Waals surface area (Å²) in [6.45, 7) is 36.8. The summed E-state index contributed by atoms with van der Waals surface area (Å²) >= 11 is 0. The molecule has 516 valence electrons. The van der Waals surface area contributed by atoms with E-state index in [0.29, 0.717) is 54.4 Å². The van der Waals surface area contributed by atoms with Crippen molar-refractivity contribution >= 4 is 27.5 Å². The van der Waals surface area contributed by atoms with Gasteiger partial charge in [0.25, 0.3) is 0 Å². The zero-order chi connectivity index (χ0) is 70.1. The standard InChI is InChI=1S/C87H102O11/c1-17-93-75(88)53-98-82-63-41-59-46-67(84(5,6)7)44-57(79(59)90)39-61-48-68(85(8,9)10)47-60-38-56-43-66(83(2,3)4)45-58(78(56)89)40-62-49-69(86(11,12)13)51-64(42-65(82)52-70(50-63)87(14,15)16)81(62)97-37-33-92-31-35-95-74-29-27-55-23-19-21-25-72(55)77(74)76-71-24-20-18-22-54(71)26-28-73(76)94-34-30-91-32-36-96-80(60)61/h18-29,43-52,89-90H,17,30-42,53H2,1-16H3. The van der Waals surface area contributed by atoms with Gasteiger partial charge in [-0.15, -0.1) is 0 Å². The number of carbonyl (C=O) groups excluding carboxylic acids is 1. The number of benzene rings is 9. The molecule has 2 aliphatic rings. The van der Waals surface area contributed by atoms with Crippen LogP contribution in [0.25, 0.3) is 32.7 Å². The minimum Gasteiger partial charge on any atom is -0.507 e. The minimum atomic E-state index is -0.487. The van der Waals surface area contributed by atoms with Crippen LogP contribution in [0.3, 0.4) is 0 Å². The second kappa shape index (κ2) is 28.8. The van der Waals surface area contributed by atoms with Crippen LogP contribution in [0.2, 0.25) is 0 Å². The SMILES string of the molecule is CCOC(=O)COc1c2cc(C(C)(C)C)cc1Cc1cc(C(C)(C)C)cc3c1OCCOCCOc1ccc4ccccc4c1-c1c(ccc4ccccc14)OCCOCCOc1c(cc(C(C)(C)C)cc1Cc1cc(C(C)(C)C)cc(c1O)C2)Cc1cc(C(C)(C)C)cc(c1O)C3. The summed E-state index contributed by atoms with van der Waals surface area (Å²) in [5, 5.41) is 30.7. The van der Waals surface area contributed by atoms with E-state index >= 15 is 0 Å². The summed E-state index contributed by atoms with van der Waals surface area (Å²) in [5.41, 5.74) is 13.8. The number of phenols is 2. The number of rotatable bonds is 4. The van der Waals surface area contributed by atoms with E-state index in [1.54, 1.807) is 6.92 Å². The third-order valence-electron chi connectivity index (χ3n) is 19.1. The average molecular weight is 1320 g/mol. The highest BCUT2D eigenvalue weighted by molar-refractivity contribution is 6.09. The molecule has 1 aliphatic heterocycles. The molecule has 0 saturated heterocycles. The Labute approximate surface area is 581 Å². The van der Waals surface area contributed by atoms with Crippen LogP contribution < -0.4 is 23.7 Å². The first-order valence-corrected chi connectivity index (χ1v) is 35.1. The van der Waals surface area contributed by atoms with Gasteiger partial charge in [0.15, 0.2) is 6.61 Å². The monoisotopic (exact) mass is 1320 g/mol. The Morgan fingerprint density at radius 1 is 0.378 bits per heavy atom. The highest BCUT2D eigenvalue weighted by Gasteiger charge is 2.31. The molecule has 0 aromatic heterocycles. The molecule has 98 heavy (non-hydrogen) atoms. The zero-order valence-corrected chi connectivity index (χ0v) is 60.9. The van der Waals surface area contributed by atoms with Crippen LogP contribution in [0.1, 0.15) is 194 Å². The van der Waals surface area contributed by atoms with Gasteiger partial charge in [-0.2, -0.15) is 0 Å². The summed E-state index contributed by atoms with van der Waals surface area (Å²) in [6, 6.07) is 47.0. The summed E-state index contributed by atoms with van der Waals surface area (Å²) in [6.07, 6.45) is 1.61. The predicted molar refractivity (Wildman–Crippen MR) is 396 cm³/mol. The molecule has 0 atom stereocenters. The van der Waals surface area contributed by atoms with Gasteiger partial charge in [-0.3, -0.25) is 0 Å². The summed E-state index contributed by atoms with van der Waals surface area (Å²) in [7, 11) is 0. The molecular formula is C87H102O11. The first-order valence-electron chi connectivity index (χ1n) is 35.1. The van der Waals surface area contributed by atoms with E-state index in [0.717, 1.165) is 116 Å². The molecule has 12 bridgehead atoms. The first-order chi connectivity index (χ1) is 46.4. The minimum absolute atomic E-state index is 0.164. The molecule has 9 aromatic rings. The fraction of sp³-hybridized carbons (Fsp3) is 0.414. The van der Waals surface area contributed by atoms with Crippen LogP contribution in [-0.4, -0.2) is 82.3 Å². The normalized spacial score (nSPS) is 14.9. The Balaban J connectivity index is 1.16. The molecule has 11 heteroatoms. The number of esters is 1. The third-order valence-corrected chi connectivity index (χ3v) is 19.1. The Kier molecular flexibility index (Phi) is 20.8. The average Bonchev–Trinajstić information content (AvgIpc) is 0.753. The fourth-order valence-electron chi connectivity index (χ4n) is 13.5. The van der Waals surface area contributed by atoms with Crippen molar-refractivity contribution in [3.8, 4) is 51.4 Å². The van der Waals surface area contributed by atoms with Crippen LogP contribution in [0.4, 0.5) is 0 Å². The molecule has 9 aromatic carbocycles. The molecule has 0 amide bonds. The lowest BCUT2D eigenvalue weighted by molar-refractivity contribution is -0.145. The summed E-state index contributed by atoms with van der Waals surface area (Å²) < 4.78 is 53.5. The Bertz CT molecular complexity index is 4400. The predicted octanol–water partition coefficient (Wildman–Crippen LogP) is 19.0. The van der Waals surface area contributed by atoms with Gasteiger partial charge in [0, 0.05) is 43.2 Å². The number of carbonyl (C=O) groups is 1. The quantitative estimate of drug-likeness (QED) is 0.163. The van der Waals surface area contributed by atoms with Crippen LogP contribution in [0, 0.1) is 0 Å². The largest absolute Gasteiger partial charge is 0.507 e. The van der Waals surface area contributed by atoms with E-state index in [1.165, 1.54) is 0 Å². The number of hydrogen-bond donors (Lipinski definition) is 2. The van der Waals surface area contributed by atoms with Crippen molar-refractivity contribution in [3.05, 3.63) is 217 Å². The van der Waals surface area contributed by atoms with Crippen molar-refractivity contribution in [2.24, 2.45) is 0 Å². The second-order valence-electron chi connectivity index (χ2n) is 31.8. The van der Waals surface area contributed by atoms with Gasteiger partial charge in [0.2, 0.25) is 0 Å². The smallest absolute Gasteiger partial charge is 0.344 e. The van der Waals surface area contributed by atoms with Crippen molar-refractivity contribution in [1.82, 2.24) is 0 Å². The maximum absolute atomic E-state index is 13.6. The van der Waals surface area contributed by atoms with Crippen LogP contribution in [0.5, 0.6) is 40.2 Å². The van der Waals surface area contributed by atoms with Crippen molar-refractivity contribution in [3.63, 3.8) is 0 Å². The maximum atomic E-state index is 13.6. The van der Waals surface area contributed by atoms with Crippen molar-refractivity contribution < 1.29 is 52.9 Å². The van der Waals surface area contributed by atoms with Crippen LogP contribution in [0.15, 0.2) is 133 Å². The van der Waals surface area contributed by atoms with Crippen LogP contribution >= 0.6 is 0 Å². The topological polar surface area (TPSA) is 131 Å². The van der Waals surface area contributed by atoms with Gasteiger partial charge in [0.1, 0.15) is 66.7 Å². The summed E-state index contributed by atoms with van der Waals surface area (Å²) in [4.78, 5) is 13.6. The lowest BCUT2D eigenvalue weighted by Gasteiger charge is -2.28. The molecule has 0 radical (unpaired) electrons. The lowest BCUT2D eigenvalue weighted by atomic mass is 9.79. The molecule has 11 rings (SSSR count). The fourth-order valence-corrected chi connectivity index (χ4v) is 13.5. The number of aromatic hydroxyl groups is 2. The third kappa shape index (κ3) is 16.1. The van der Waals surface area contributed by atoms with E-state index in [1.807, 2.05) is 12.1 Å². The number of fused-ring (bicyclic) bond motifs is 11. The molecule has 1 heterocycles. The molecule has 2 N–H and O–H groups in total. The van der Waals surface area contributed by atoms with Crippen molar-refractivity contribution in [2.75, 3.05) is 66.1 Å². The summed E-state index contributed by atoms with van der Waals surface area (Å²) in [5.74, 6) is 3.16. The molecular weight excluding hydrogens is 1220 g/mol. The highest BCUT2D eigenvalue weighted by Crippen LogP contribution is 2.48. The molecule has 1 aliphatic carbocycles. The van der Waals surface area contributed by atoms with E-state index in [9.17, 15) is 15.0 Å². The number of phenolic OH excluding ortho intramolecular Hbond substituents is 2. The zero-order valence-electron chi connectivity index (χ0n) is 60.9. The number of ether oxygens (including phenoxy) is 8. The number of hydrogen-bond acceptors (Lipinski definition) is 11. The van der Waals surface area contributed by atoms with Crippen molar-refractivity contribution in [2.45, 2.75) is 170 Å². The van der Waals surface area contributed by atoms with Gasteiger partial charge in [-0.25, -0.2) is 4.79 Å². The van der Waals surface area contributed by atoms with Gasteiger partial charge < -0.3 is 48.1 Å². The molecule has 0 unspecified atom stereocenters.